The molecule has 8 nitrogen and oxygen atoms in total. The van der Waals surface area contributed by atoms with Crippen LogP contribution in [0.1, 0.15) is 62.2 Å². The van der Waals surface area contributed by atoms with Crippen LogP contribution in [0.3, 0.4) is 0 Å². The number of carbonyl (C=O) groups is 3. The van der Waals surface area contributed by atoms with E-state index in [1.54, 1.807) is 6.92 Å². The molecule has 1 aromatic carbocycles. The van der Waals surface area contributed by atoms with Crippen LogP contribution in [0.5, 0.6) is 17.2 Å². The molecule has 1 spiro atoms. The number of methoxy groups -OCH3 is 2. The van der Waals surface area contributed by atoms with Crippen molar-refractivity contribution in [2.24, 2.45) is 23.7 Å². The van der Waals surface area contributed by atoms with Crippen LogP contribution in [0, 0.1) is 23.7 Å². The summed E-state index contributed by atoms with van der Waals surface area (Å²) in [7, 11) is 2.89. The number of nitrogens with one attached hydrogen (secondary N) is 2. The van der Waals surface area contributed by atoms with Crippen LogP contribution < -0.4 is 24.8 Å². The predicted molar refractivity (Wildman–Crippen MR) is 136 cm³/mol. The van der Waals surface area contributed by atoms with Gasteiger partial charge in [0, 0.05) is 29.3 Å². The standard InChI is InChI=1S/C28H33ClN2O6/c1-14-4-18(30-13-22(33)31-27-10-15-5-16(11-27)7-17(6-15)12-27)8-21(32)28(14)26(34)23-19(35-2)9-20(36-3)24(29)25(23)37-28/h8-9,14-17,30H,4-7,10-13H2,1-3H3,(H,31,33). The number of hydrogen-bond donors (Lipinski definition) is 2. The van der Waals surface area contributed by atoms with Gasteiger partial charge in [-0.3, -0.25) is 14.4 Å². The van der Waals surface area contributed by atoms with Crippen LogP contribution in [0.15, 0.2) is 17.8 Å². The van der Waals surface area contributed by atoms with Gasteiger partial charge in [0.1, 0.15) is 22.1 Å². The molecular formula is C28H33ClN2O6. The van der Waals surface area contributed by atoms with Gasteiger partial charge in [0.25, 0.3) is 0 Å². The molecule has 37 heavy (non-hydrogen) atoms. The molecule has 4 saturated carbocycles. The van der Waals surface area contributed by atoms with E-state index in [9.17, 15) is 14.4 Å². The maximum Gasteiger partial charge on any atom is 0.239 e. The molecule has 1 aromatic rings. The third kappa shape index (κ3) is 3.74. The Morgan fingerprint density at radius 1 is 1.08 bits per heavy atom. The number of benzene rings is 1. The van der Waals surface area contributed by atoms with Crippen LogP contribution >= 0.6 is 11.6 Å². The van der Waals surface area contributed by atoms with Crippen molar-refractivity contribution in [3.63, 3.8) is 0 Å². The van der Waals surface area contributed by atoms with Crippen molar-refractivity contribution in [1.29, 1.82) is 0 Å². The minimum Gasteiger partial charge on any atom is -0.496 e. The molecule has 6 aliphatic rings. The van der Waals surface area contributed by atoms with Gasteiger partial charge in [-0.05, 0) is 62.7 Å². The van der Waals surface area contributed by atoms with Gasteiger partial charge < -0.3 is 24.8 Å². The molecule has 198 valence electrons. The van der Waals surface area contributed by atoms with Crippen LogP contribution in [-0.2, 0) is 9.59 Å². The molecular weight excluding hydrogens is 496 g/mol. The van der Waals surface area contributed by atoms with Crippen molar-refractivity contribution in [2.75, 3.05) is 20.8 Å². The lowest BCUT2D eigenvalue weighted by atomic mass is 9.53. The lowest BCUT2D eigenvalue weighted by Gasteiger charge is -2.56. The zero-order chi connectivity index (χ0) is 26.1. The highest BCUT2D eigenvalue weighted by atomic mass is 35.5. The third-order valence-electron chi connectivity index (χ3n) is 9.23. The van der Waals surface area contributed by atoms with Crippen LogP contribution in [0.4, 0.5) is 0 Å². The fourth-order valence-corrected chi connectivity index (χ4v) is 8.31. The molecule has 2 unspecified atom stereocenters. The Morgan fingerprint density at radius 3 is 2.27 bits per heavy atom. The average Bonchev–Trinajstić information content (AvgIpc) is 3.15. The van der Waals surface area contributed by atoms with Crippen LogP contribution in [0.2, 0.25) is 5.02 Å². The number of amides is 1. The molecule has 4 fully saturated rings. The number of carbonyl (C=O) groups excluding carboxylic acids is 3. The van der Waals surface area contributed by atoms with Gasteiger partial charge in [-0.2, -0.15) is 0 Å². The van der Waals surface area contributed by atoms with Gasteiger partial charge in [-0.25, -0.2) is 0 Å². The average molecular weight is 529 g/mol. The summed E-state index contributed by atoms with van der Waals surface area (Å²) >= 11 is 6.45. The number of ketones is 2. The second-order valence-corrected chi connectivity index (χ2v) is 12.1. The van der Waals surface area contributed by atoms with Crippen molar-refractivity contribution in [3.8, 4) is 17.2 Å². The summed E-state index contributed by atoms with van der Waals surface area (Å²) < 4.78 is 16.8. The summed E-state index contributed by atoms with van der Waals surface area (Å²) in [5.41, 5.74) is -1.02. The van der Waals surface area contributed by atoms with E-state index in [4.69, 9.17) is 25.8 Å². The number of Topliss-reactive ketones (excluding diaryl/α,β-unsaturated/α-hetero) is 1. The molecule has 0 radical (unpaired) electrons. The molecule has 1 aliphatic heterocycles. The van der Waals surface area contributed by atoms with E-state index in [1.807, 2.05) is 0 Å². The summed E-state index contributed by atoms with van der Waals surface area (Å²) in [4.78, 5) is 40.0. The third-order valence-corrected chi connectivity index (χ3v) is 9.59. The molecule has 0 aromatic heterocycles. The maximum atomic E-state index is 13.6. The van der Waals surface area contributed by atoms with Gasteiger partial charge in [-0.1, -0.05) is 18.5 Å². The Morgan fingerprint density at radius 2 is 1.70 bits per heavy atom. The van der Waals surface area contributed by atoms with Crippen molar-refractivity contribution >= 4 is 29.1 Å². The van der Waals surface area contributed by atoms with Gasteiger partial charge in [-0.15, -0.1) is 0 Å². The lowest BCUT2D eigenvalue weighted by Crippen LogP contribution is -2.61. The van der Waals surface area contributed by atoms with Crippen molar-refractivity contribution in [2.45, 2.75) is 63.0 Å². The Kier molecular flexibility index (Phi) is 5.75. The van der Waals surface area contributed by atoms with Crippen molar-refractivity contribution in [3.05, 3.63) is 28.4 Å². The normalized spacial score (nSPS) is 35.2. The van der Waals surface area contributed by atoms with Crippen molar-refractivity contribution in [1.82, 2.24) is 10.6 Å². The number of fused-ring (bicyclic) bond motifs is 1. The SMILES string of the molecule is COc1cc(OC)c2c(c1Cl)OC1(C(=O)C=C(NCC(=O)NC34CC5CC(CC(C5)C3)C4)CC1C)C2=O. The minimum absolute atomic E-state index is 0.0487. The molecule has 5 aliphatic carbocycles. The molecule has 0 saturated heterocycles. The number of ether oxygens (including phenoxy) is 3. The van der Waals surface area contributed by atoms with Gasteiger partial charge in [0.05, 0.1) is 20.8 Å². The Labute approximate surface area is 221 Å². The number of halogens is 1. The number of rotatable bonds is 6. The monoisotopic (exact) mass is 528 g/mol. The van der Waals surface area contributed by atoms with E-state index in [1.165, 1.54) is 45.6 Å². The lowest BCUT2D eigenvalue weighted by molar-refractivity contribution is -0.129. The van der Waals surface area contributed by atoms with Gasteiger partial charge in [0.15, 0.2) is 5.75 Å². The zero-order valence-corrected chi connectivity index (χ0v) is 22.2. The summed E-state index contributed by atoms with van der Waals surface area (Å²) in [6.45, 7) is 1.88. The summed E-state index contributed by atoms with van der Waals surface area (Å²) in [5.74, 6) is 1.37. The summed E-state index contributed by atoms with van der Waals surface area (Å²) in [6, 6.07) is 1.52. The predicted octanol–water partition coefficient (Wildman–Crippen LogP) is 3.84. The first-order valence-corrected chi connectivity index (χ1v) is 13.5. The summed E-state index contributed by atoms with van der Waals surface area (Å²) in [6.07, 6.45) is 8.96. The molecule has 2 atom stereocenters. The topological polar surface area (TPSA) is 103 Å². The molecule has 1 heterocycles. The van der Waals surface area contributed by atoms with E-state index in [0.717, 1.165) is 37.0 Å². The summed E-state index contributed by atoms with van der Waals surface area (Å²) in [5, 5.41) is 6.62. The first kappa shape index (κ1) is 24.6. The highest BCUT2D eigenvalue weighted by Crippen LogP contribution is 2.56. The van der Waals surface area contributed by atoms with Gasteiger partial charge in [0.2, 0.25) is 23.1 Å². The van der Waals surface area contributed by atoms with E-state index >= 15 is 0 Å². The maximum absolute atomic E-state index is 13.6. The highest BCUT2D eigenvalue weighted by Gasteiger charge is 2.60. The molecule has 2 N–H and O–H groups in total. The van der Waals surface area contributed by atoms with E-state index in [0.29, 0.717) is 17.9 Å². The quantitative estimate of drug-likeness (QED) is 0.541. The minimum atomic E-state index is -1.72. The molecule has 1 amide bonds. The first-order valence-electron chi connectivity index (χ1n) is 13.2. The van der Waals surface area contributed by atoms with Crippen molar-refractivity contribution < 1.29 is 28.6 Å². The first-order chi connectivity index (χ1) is 17.7. The van der Waals surface area contributed by atoms with E-state index in [-0.39, 0.29) is 40.1 Å². The Hall–Kier alpha value is -2.74. The second-order valence-electron chi connectivity index (χ2n) is 11.7. The fourth-order valence-electron chi connectivity index (χ4n) is 8.05. The number of allylic oxidation sites excluding steroid dienone is 1. The Bertz CT molecular complexity index is 1190. The Balaban J connectivity index is 1.16. The second kappa shape index (κ2) is 8.65. The molecule has 9 heteroatoms. The highest BCUT2D eigenvalue weighted by molar-refractivity contribution is 6.36. The smallest absolute Gasteiger partial charge is 0.239 e. The van der Waals surface area contributed by atoms with E-state index < -0.39 is 23.1 Å². The zero-order valence-electron chi connectivity index (χ0n) is 21.4. The largest absolute Gasteiger partial charge is 0.496 e. The van der Waals surface area contributed by atoms with Gasteiger partial charge >= 0.3 is 0 Å². The fraction of sp³-hybridized carbons (Fsp3) is 0.607. The number of hydrogen-bond acceptors (Lipinski definition) is 7. The van der Waals surface area contributed by atoms with Crippen LogP contribution in [-0.4, -0.2) is 49.4 Å². The van der Waals surface area contributed by atoms with Crippen LogP contribution in [0.25, 0.3) is 0 Å². The van der Waals surface area contributed by atoms with E-state index in [2.05, 4.69) is 10.6 Å². The molecule has 7 rings (SSSR count). The molecule has 4 bridgehead atoms.